The molecule has 4 heteroatoms. The molecular weight excluding hydrogens is 218 g/mol. The maximum atomic E-state index is 11.3. The fraction of sp³-hybridized carbons (Fsp3) is 0.385. The molecule has 0 bridgehead atoms. The van der Waals surface area contributed by atoms with Crippen LogP contribution in [0.15, 0.2) is 24.3 Å². The Morgan fingerprint density at radius 2 is 2.06 bits per heavy atom. The van der Waals surface area contributed by atoms with Gasteiger partial charge in [0, 0.05) is 24.3 Å². The van der Waals surface area contributed by atoms with Crippen molar-refractivity contribution in [2.24, 2.45) is 0 Å². The summed E-state index contributed by atoms with van der Waals surface area (Å²) < 4.78 is 0. The number of nitrogens with zero attached hydrogens (tertiary/aromatic N) is 1. The molecule has 0 unspecified atom stereocenters. The lowest BCUT2D eigenvalue weighted by atomic mass is 10.1. The van der Waals surface area contributed by atoms with Gasteiger partial charge in [0.15, 0.2) is 5.78 Å². The molecule has 0 aliphatic heterocycles. The van der Waals surface area contributed by atoms with Crippen LogP contribution in [0.3, 0.4) is 0 Å². The SMILES string of the molecule is CCN(CCC(=O)O)c1cccc(C(C)=O)c1. The van der Waals surface area contributed by atoms with Gasteiger partial charge in [-0.3, -0.25) is 9.59 Å². The van der Waals surface area contributed by atoms with Crippen molar-refractivity contribution in [3.05, 3.63) is 29.8 Å². The van der Waals surface area contributed by atoms with E-state index in [0.717, 1.165) is 5.69 Å². The molecule has 0 radical (unpaired) electrons. The highest BCUT2D eigenvalue weighted by Crippen LogP contribution is 2.16. The summed E-state index contributed by atoms with van der Waals surface area (Å²) in [5.74, 6) is -0.799. The summed E-state index contributed by atoms with van der Waals surface area (Å²) in [6.45, 7) is 4.65. The van der Waals surface area contributed by atoms with E-state index in [1.54, 1.807) is 12.1 Å². The molecule has 1 aromatic rings. The highest BCUT2D eigenvalue weighted by molar-refractivity contribution is 5.95. The Labute approximate surface area is 101 Å². The van der Waals surface area contributed by atoms with E-state index < -0.39 is 5.97 Å². The zero-order chi connectivity index (χ0) is 12.8. The smallest absolute Gasteiger partial charge is 0.305 e. The van der Waals surface area contributed by atoms with Gasteiger partial charge in [0.1, 0.15) is 0 Å². The van der Waals surface area contributed by atoms with Crippen molar-refractivity contribution < 1.29 is 14.7 Å². The van der Waals surface area contributed by atoms with Gasteiger partial charge in [-0.05, 0) is 26.0 Å². The number of Topliss-reactive ketones (excluding diaryl/α,β-unsaturated/α-hetero) is 1. The fourth-order valence-corrected chi connectivity index (χ4v) is 1.62. The third kappa shape index (κ3) is 3.90. The Morgan fingerprint density at radius 1 is 1.35 bits per heavy atom. The van der Waals surface area contributed by atoms with Crippen LogP contribution in [-0.2, 0) is 4.79 Å². The fourth-order valence-electron chi connectivity index (χ4n) is 1.62. The van der Waals surface area contributed by atoms with Gasteiger partial charge < -0.3 is 10.0 Å². The number of benzene rings is 1. The van der Waals surface area contributed by atoms with Crippen LogP contribution in [0.5, 0.6) is 0 Å². The number of hydrogen-bond donors (Lipinski definition) is 1. The monoisotopic (exact) mass is 235 g/mol. The number of carboxylic acid groups (broad SMARTS) is 1. The molecule has 1 N–H and O–H groups in total. The number of aliphatic carboxylic acids is 1. The average molecular weight is 235 g/mol. The second-order valence-electron chi connectivity index (χ2n) is 3.83. The first-order valence-electron chi connectivity index (χ1n) is 5.62. The van der Waals surface area contributed by atoms with E-state index in [1.807, 2.05) is 24.0 Å². The van der Waals surface area contributed by atoms with Gasteiger partial charge in [-0.1, -0.05) is 12.1 Å². The van der Waals surface area contributed by atoms with Crippen molar-refractivity contribution in [1.82, 2.24) is 0 Å². The van der Waals surface area contributed by atoms with Crippen LogP contribution in [0.1, 0.15) is 30.6 Å². The Balaban J connectivity index is 2.84. The van der Waals surface area contributed by atoms with Crippen LogP contribution in [-0.4, -0.2) is 29.9 Å². The molecule has 0 spiro atoms. The quantitative estimate of drug-likeness (QED) is 0.768. The number of carbonyl (C=O) groups excluding carboxylic acids is 1. The minimum atomic E-state index is -0.814. The summed E-state index contributed by atoms with van der Waals surface area (Å²) in [5, 5.41) is 8.67. The van der Waals surface area contributed by atoms with Crippen LogP contribution >= 0.6 is 0 Å². The molecule has 0 aliphatic rings. The van der Waals surface area contributed by atoms with Crippen molar-refractivity contribution in [3.63, 3.8) is 0 Å². The molecular formula is C13H17NO3. The van der Waals surface area contributed by atoms with E-state index in [4.69, 9.17) is 5.11 Å². The normalized spacial score (nSPS) is 10.0. The number of carbonyl (C=O) groups is 2. The first-order valence-corrected chi connectivity index (χ1v) is 5.62. The topological polar surface area (TPSA) is 57.6 Å². The standard InChI is InChI=1S/C13H17NO3/c1-3-14(8-7-13(16)17)12-6-4-5-11(9-12)10(2)15/h4-6,9H,3,7-8H2,1-2H3,(H,16,17). The minimum Gasteiger partial charge on any atom is -0.481 e. The molecule has 4 nitrogen and oxygen atoms in total. The minimum absolute atomic E-state index is 0.0149. The van der Waals surface area contributed by atoms with Crippen LogP contribution in [0.4, 0.5) is 5.69 Å². The van der Waals surface area contributed by atoms with E-state index in [1.165, 1.54) is 6.92 Å². The number of carboxylic acids is 1. The molecule has 0 saturated heterocycles. The first kappa shape index (κ1) is 13.2. The van der Waals surface area contributed by atoms with Crippen LogP contribution < -0.4 is 4.90 Å². The predicted molar refractivity (Wildman–Crippen MR) is 66.6 cm³/mol. The predicted octanol–water partition coefficient (Wildman–Crippen LogP) is 2.19. The lowest BCUT2D eigenvalue weighted by Crippen LogP contribution is -2.25. The van der Waals surface area contributed by atoms with Gasteiger partial charge >= 0.3 is 5.97 Å². The number of rotatable bonds is 6. The van der Waals surface area contributed by atoms with Crippen molar-refractivity contribution in [3.8, 4) is 0 Å². The average Bonchev–Trinajstić information content (AvgIpc) is 2.30. The molecule has 0 aliphatic carbocycles. The molecule has 0 aromatic heterocycles. The van der Waals surface area contributed by atoms with E-state index in [9.17, 15) is 9.59 Å². The molecule has 0 saturated carbocycles. The highest BCUT2D eigenvalue weighted by Gasteiger charge is 2.08. The lowest BCUT2D eigenvalue weighted by Gasteiger charge is -2.22. The molecule has 0 fully saturated rings. The van der Waals surface area contributed by atoms with Gasteiger partial charge in [-0.25, -0.2) is 0 Å². The van der Waals surface area contributed by atoms with Crippen LogP contribution in [0, 0.1) is 0 Å². The Kier molecular flexibility index (Phi) is 4.69. The van der Waals surface area contributed by atoms with Gasteiger partial charge in [0.05, 0.1) is 6.42 Å². The summed E-state index contributed by atoms with van der Waals surface area (Å²) in [5.41, 5.74) is 1.54. The van der Waals surface area contributed by atoms with Gasteiger partial charge in [0.2, 0.25) is 0 Å². The molecule has 0 heterocycles. The number of anilines is 1. The molecule has 92 valence electrons. The van der Waals surface area contributed by atoms with Gasteiger partial charge in [-0.15, -0.1) is 0 Å². The van der Waals surface area contributed by atoms with Crippen LogP contribution in [0.2, 0.25) is 0 Å². The number of ketones is 1. The third-order valence-corrected chi connectivity index (χ3v) is 2.60. The van der Waals surface area contributed by atoms with E-state index in [-0.39, 0.29) is 12.2 Å². The highest BCUT2D eigenvalue weighted by atomic mass is 16.4. The van der Waals surface area contributed by atoms with Crippen molar-refractivity contribution in [2.45, 2.75) is 20.3 Å². The Morgan fingerprint density at radius 3 is 2.59 bits per heavy atom. The largest absolute Gasteiger partial charge is 0.481 e. The second-order valence-corrected chi connectivity index (χ2v) is 3.83. The summed E-state index contributed by atoms with van der Waals surface area (Å²) in [4.78, 5) is 23.8. The zero-order valence-electron chi connectivity index (χ0n) is 10.1. The zero-order valence-corrected chi connectivity index (χ0v) is 10.1. The molecule has 17 heavy (non-hydrogen) atoms. The molecule has 1 aromatic carbocycles. The summed E-state index contributed by atoms with van der Waals surface area (Å²) in [6.07, 6.45) is 0.0954. The summed E-state index contributed by atoms with van der Waals surface area (Å²) >= 11 is 0. The summed E-state index contributed by atoms with van der Waals surface area (Å²) in [6, 6.07) is 7.26. The van der Waals surface area contributed by atoms with Gasteiger partial charge in [0.25, 0.3) is 0 Å². The Hall–Kier alpha value is -1.84. The molecule has 0 amide bonds. The number of hydrogen-bond acceptors (Lipinski definition) is 3. The van der Waals surface area contributed by atoms with Crippen molar-refractivity contribution in [1.29, 1.82) is 0 Å². The lowest BCUT2D eigenvalue weighted by molar-refractivity contribution is -0.136. The third-order valence-electron chi connectivity index (χ3n) is 2.60. The van der Waals surface area contributed by atoms with Crippen molar-refractivity contribution >= 4 is 17.4 Å². The van der Waals surface area contributed by atoms with Crippen molar-refractivity contribution in [2.75, 3.05) is 18.0 Å². The molecule has 0 atom stereocenters. The second kappa shape index (κ2) is 6.03. The maximum Gasteiger partial charge on any atom is 0.305 e. The van der Waals surface area contributed by atoms with Gasteiger partial charge in [-0.2, -0.15) is 0 Å². The van der Waals surface area contributed by atoms with E-state index in [2.05, 4.69) is 0 Å². The van der Waals surface area contributed by atoms with E-state index >= 15 is 0 Å². The first-order chi connectivity index (χ1) is 8.04. The van der Waals surface area contributed by atoms with Crippen LogP contribution in [0.25, 0.3) is 0 Å². The maximum absolute atomic E-state index is 11.3. The summed E-state index contributed by atoms with van der Waals surface area (Å²) in [7, 11) is 0. The molecule has 1 rings (SSSR count). The van der Waals surface area contributed by atoms with E-state index in [0.29, 0.717) is 18.7 Å². The Bertz CT molecular complexity index is 415.